The summed E-state index contributed by atoms with van der Waals surface area (Å²) in [5, 5.41) is 2.49. The van der Waals surface area contributed by atoms with Crippen molar-refractivity contribution in [2.45, 2.75) is 6.92 Å². The lowest BCUT2D eigenvalue weighted by molar-refractivity contribution is -0.156. The average Bonchev–Trinajstić information content (AvgIpc) is 2.44. The van der Waals surface area contributed by atoms with Crippen molar-refractivity contribution >= 4 is 23.4 Å². The number of anilines is 1. The van der Waals surface area contributed by atoms with E-state index in [9.17, 15) is 18.8 Å². The number of rotatable bonds is 4. The van der Waals surface area contributed by atoms with Crippen LogP contribution in [0.15, 0.2) is 24.3 Å². The third kappa shape index (κ3) is 3.56. The fourth-order valence-corrected chi connectivity index (χ4v) is 2.11. The monoisotopic (exact) mass is 293 g/mol. The summed E-state index contributed by atoms with van der Waals surface area (Å²) in [7, 11) is 0. The van der Waals surface area contributed by atoms with E-state index in [0.29, 0.717) is 25.3 Å². The van der Waals surface area contributed by atoms with Crippen LogP contribution in [0.1, 0.15) is 6.92 Å². The van der Waals surface area contributed by atoms with E-state index in [0.717, 1.165) is 0 Å². The Morgan fingerprint density at radius 1 is 1.24 bits per heavy atom. The number of piperazine rings is 1. The van der Waals surface area contributed by atoms with Gasteiger partial charge in [-0.15, -0.1) is 0 Å². The van der Waals surface area contributed by atoms with Crippen LogP contribution in [0, 0.1) is 5.82 Å². The highest BCUT2D eigenvalue weighted by Gasteiger charge is 2.32. The fourth-order valence-electron chi connectivity index (χ4n) is 2.11. The van der Waals surface area contributed by atoms with Gasteiger partial charge in [0.25, 0.3) is 0 Å². The quantitative estimate of drug-likeness (QED) is 0.820. The number of likely N-dealkylation sites (N-methyl/N-ethyl adjacent to an activating group) is 1. The van der Waals surface area contributed by atoms with Gasteiger partial charge in [0.15, 0.2) is 0 Å². The smallest absolute Gasteiger partial charge is 0.312 e. The first-order valence-corrected chi connectivity index (χ1v) is 6.65. The van der Waals surface area contributed by atoms with Crippen LogP contribution < -0.4 is 5.32 Å². The first kappa shape index (κ1) is 15.0. The van der Waals surface area contributed by atoms with Gasteiger partial charge in [-0.25, -0.2) is 4.39 Å². The molecule has 0 bridgehead atoms. The van der Waals surface area contributed by atoms with Crippen LogP contribution >= 0.6 is 0 Å². The molecule has 1 aromatic rings. The van der Waals surface area contributed by atoms with Crippen LogP contribution in [-0.4, -0.2) is 53.7 Å². The van der Waals surface area contributed by atoms with Gasteiger partial charge in [0.05, 0.1) is 0 Å². The van der Waals surface area contributed by atoms with Gasteiger partial charge in [-0.05, 0) is 25.1 Å². The third-order valence-corrected chi connectivity index (χ3v) is 3.22. The third-order valence-electron chi connectivity index (χ3n) is 3.22. The van der Waals surface area contributed by atoms with Crippen LogP contribution in [0.25, 0.3) is 0 Å². The molecule has 21 heavy (non-hydrogen) atoms. The molecule has 1 aliphatic heterocycles. The highest BCUT2D eigenvalue weighted by molar-refractivity contribution is 6.35. The second-order valence-electron chi connectivity index (χ2n) is 4.67. The van der Waals surface area contributed by atoms with Crippen LogP contribution in [0.4, 0.5) is 10.1 Å². The van der Waals surface area contributed by atoms with E-state index in [1.165, 1.54) is 28.0 Å². The largest absolute Gasteiger partial charge is 0.333 e. The van der Waals surface area contributed by atoms with E-state index in [4.69, 9.17) is 0 Å². The molecule has 0 radical (unpaired) electrons. The SMILES string of the molecule is CCN1CCN(CC(=O)Nc2cccc(F)c2)C(=O)C1=O. The molecular formula is C14H16FN3O3. The second-order valence-corrected chi connectivity index (χ2v) is 4.67. The van der Waals surface area contributed by atoms with Crippen molar-refractivity contribution in [3.05, 3.63) is 30.1 Å². The predicted octanol–water partition coefficient (Wildman–Crippen LogP) is 0.455. The molecule has 2 rings (SSSR count). The summed E-state index contributed by atoms with van der Waals surface area (Å²) in [6.45, 7) is 2.76. The lowest BCUT2D eigenvalue weighted by atomic mass is 10.2. The number of nitrogens with one attached hydrogen (secondary N) is 1. The van der Waals surface area contributed by atoms with Gasteiger partial charge in [-0.1, -0.05) is 6.07 Å². The Labute approximate surface area is 121 Å². The van der Waals surface area contributed by atoms with E-state index in [2.05, 4.69) is 5.32 Å². The number of carbonyl (C=O) groups is 3. The Morgan fingerprint density at radius 2 is 1.90 bits per heavy atom. The molecule has 0 spiro atoms. The van der Waals surface area contributed by atoms with Crippen LogP contribution in [0.2, 0.25) is 0 Å². The van der Waals surface area contributed by atoms with Crippen LogP contribution in [0.5, 0.6) is 0 Å². The molecule has 0 aliphatic carbocycles. The summed E-state index contributed by atoms with van der Waals surface area (Å²) < 4.78 is 13.0. The van der Waals surface area contributed by atoms with Gasteiger partial charge >= 0.3 is 11.8 Å². The van der Waals surface area contributed by atoms with Gasteiger partial charge in [-0.3, -0.25) is 14.4 Å². The van der Waals surface area contributed by atoms with E-state index < -0.39 is 23.5 Å². The molecule has 3 amide bonds. The fraction of sp³-hybridized carbons (Fsp3) is 0.357. The summed E-state index contributed by atoms with van der Waals surface area (Å²) >= 11 is 0. The van der Waals surface area contributed by atoms with Crippen molar-refractivity contribution < 1.29 is 18.8 Å². The number of carbonyl (C=O) groups excluding carboxylic acids is 3. The topological polar surface area (TPSA) is 69.7 Å². The minimum Gasteiger partial charge on any atom is -0.333 e. The van der Waals surface area contributed by atoms with Gasteiger partial charge in [0.2, 0.25) is 5.91 Å². The Balaban J connectivity index is 1.94. The zero-order valence-corrected chi connectivity index (χ0v) is 11.6. The molecule has 0 atom stereocenters. The van der Waals surface area contributed by atoms with Crippen molar-refractivity contribution in [2.24, 2.45) is 0 Å². The van der Waals surface area contributed by atoms with E-state index >= 15 is 0 Å². The van der Waals surface area contributed by atoms with Gasteiger partial charge in [0, 0.05) is 25.3 Å². The summed E-state index contributed by atoms with van der Waals surface area (Å²) in [4.78, 5) is 38.0. The molecule has 1 fully saturated rings. The first-order valence-electron chi connectivity index (χ1n) is 6.65. The maximum absolute atomic E-state index is 13.0. The lowest BCUT2D eigenvalue weighted by Crippen LogP contribution is -2.55. The molecule has 0 saturated carbocycles. The minimum atomic E-state index is -0.683. The number of hydrogen-bond acceptors (Lipinski definition) is 3. The molecule has 1 saturated heterocycles. The van der Waals surface area contributed by atoms with Crippen molar-refractivity contribution in [1.29, 1.82) is 0 Å². The molecule has 1 heterocycles. The zero-order chi connectivity index (χ0) is 15.4. The number of benzene rings is 1. The summed E-state index contributed by atoms with van der Waals surface area (Å²) in [6.07, 6.45) is 0. The van der Waals surface area contributed by atoms with Crippen LogP contribution in [-0.2, 0) is 14.4 Å². The van der Waals surface area contributed by atoms with Gasteiger partial charge < -0.3 is 15.1 Å². The lowest BCUT2D eigenvalue weighted by Gasteiger charge is -2.32. The summed E-state index contributed by atoms with van der Waals surface area (Å²) in [5.74, 6) is -2.21. The molecule has 1 aromatic carbocycles. The Morgan fingerprint density at radius 3 is 2.57 bits per heavy atom. The number of hydrogen-bond donors (Lipinski definition) is 1. The molecule has 0 unspecified atom stereocenters. The van der Waals surface area contributed by atoms with Gasteiger partial charge in [-0.2, -0.15) is 0 Å². The molecule has 6 nitrogen and oxygen atoms in total. The van der Waals surface area contributed by atoms with E-state index in [1.54, 1.807) is 13.0 Å². The first-order chi connectivity index (χ1) is 10.0. The normalized spacial score (nSPS) is 15.3. The van der Waals surface area contributed by atoms with Crippen molar-refractivity contribution in [3.63, 3.8) is 0 Å². The molecule has 7 heteroatoms. The Hall–Kier alpha value is -2.44. The molecule has 1 N–H and O–H groups in total. The van der Waals surface area contributed by atoms with Crippen molar-refractivity contribution in [1.82, 2.24) is 9.80 Å². The Kier molecular flexibility index (Phi) is 4.52. The highest BCUT2D eigenvalue weighted by atomic mass is 19.1. The maximum atomic E-state index is 13.0. The maximum Gasteiger partial charge on any atom is 0.312 e. The van der Waals surface area contributed by atoms with Crippen LogP contribution in [0.3, 0.4) is 0 Å². The number of amides is 3. The molecule has 1 aliphatic rings. The molecular weight excluding hydrogens is 277 g/mol. The van der Waals surface area contributed by atoms with E-state index in [1.807, 2.05) is 0 Å². The molecule has 112 valence electrons. The Bertz CT molecular complexity index is 576. The number of nitrogens with zero attached hydrogens (tertiary/aromatic N) is 2. The van der Waals surface area contributed by atoms with Gasteiger partial charge in [0.1, 0.15) is 12.4 Å². The number of halogens is 1. The molecule has 0 aromatic heterocycles. The second kappa shape index (κ2) is 6.34. The average molecular weight is 293 g/mol. The standard InChI is InChI=1S/C14H16FN3O3/c1-2-17-6-7-18(14(21)13(17)20)9-12(19)16-11-5-3-4-10(15)8-11/h3-5,8H,2,6-7,9H2,1H3,(H,16,19). The van der Waals surface area contributed by atoms with E-state index in [-0.39, 0.29) is 6.54 Å². The highest BCUT2D eigenvalue weighted by Crippen LogP contribution is 2.10. The zero-order valence-electron chi connectivity index (χ0n) is 11.6. The predicted molar refractivity (Wildman–Crippen MR) is 73.9 cm³/mol. The van der Waals surface area contributed by atoms with Crippen molar-refractivity contribution in [2.75, 3.05) is 31.5 Å². The minimum absolute atomic E-state index is 0.224. The van der Waals surface area contributed by atoms with Crippen molar-refractivity contribution in [3.8, 4) is 0 Å². The summed E-state index contributed by atoms with van der Waals surface area (Å²) in [6, 6.07) is 5.46. The summed E-state index contributed by atoms with van der Waals surface area (Å²) in [5.41, 5.74) is 0.311.